The molecule has 8 heteroatoms. The van der Waals surface area contributed by atoms with Gasteiger partial charge in [-0.3, -0.25) is 4.79 Å². The van der Waals surface area contributed by atoms with E-state index in [1.807, 2.05) is 0 Å². The Labute approximate surface area is 148 Å². The van der Waals surface area contributed by atoms with E-state index < -0.39 is 26.8 Å². The predicted molar refractivity (Wildman–Crippen MR) is 91.7 cm³/mol. The molecule has 0 saturated carbocycles. The van der Waals surface area contributed by atoms with Gasteiger partial charge in [-0.05, 0) is 29.8 Å². The van der Waals surface area contributed by atoms with Crippen molar-refractivity contribution in [3.05, 3.63) is 65.2 Å². The number of benzene rings is 2. The van der Waals surface area contributed by atoms with E-state index in [1.54, 1.807) is 12.1 Å². The van der Waals surface area contributed by atoms with E-state index >= 15 is 0 Å². The van der Waals surface area contributed by atoms with E-state index in [-0.39, 0.29) is 28.7 Å². The summed E-state index contributed by atoms with van der Waals surface area (Å²) in [5.74, 6) is -1.41. The van der Waals surface area contributed by atoms with Crippen molar-refractivity contribution < 1.29 is 22.0 Å². The molecule has 0 spiro atoms. The Morgan fingerprint density at radius 3 is 2.28 bits per heavy atom. The largest absolute Gasteiger partial charge is 0.321 e. The molecule has 2 aromatic rings. The highest BCUT2D eigenvalue weighted by atomic mass is 32.2. The van der Waals surface area contributed by atoms with Gasteiger partial charge < -0.3 is 4.90 Å². The van der Waals surface area contributed by atoms with Crippen molar-refractivity contribution in [2.45, 2.75) is 16.8 Å². The van der Waals surface area contributed by atoms with Gasteiger partial charge in [-0.15, -0.1) is 11.8 Å². The second-order valence-electron chi connectivity index (χ2n) is 5.73. The first-order valence-electron chi connectivity index (χ1n) is 7.41. The molecule has 1 unspecified atom stereocenters. The van der Waals surface area contributed by atoms with Gasteiger partial charge in [-0.2, -0.15) is 0 Å². The lowest BCUT2D eigenvalue weighted by Crippen LogP contribution is -2.28. The van der Waals surface area contributed by atoms with Gasteiger partial charge in [-0.1, -0.05) is 18.2 Å². The highest BCUT2D eigenvalue weighted by molar-refractivity contribution is 8.00. The van der Waals surface area contributed by atoms with E-state index in [4.69, 9.17) is 0 Å². The lowest BCUT2D eigenvalue weighted by Gasteiger charge is -2.25. The van der Waals surface area contributed by atoms with Crippen LogP contribution in [0.4, 0.5) is 8.78 Å². The monoisotopic (exact) mass is 383 g/mol. The summed E-state index contributed by atoms with van der Waals surface area (Å²) < 4.78 is 50.9. The number of nitrogens with zero attached hydrogens (tertiary/aromatic N) is 1. The molecule has 1 amide bonds. The number of carbonyl (C=O) groups excluding carboxylic acids is 1. The molecule has 1 aliphatic rings. The molecule has 1 saturated heterocycles. The average molecular weight is 383 g/mol. The van der Waals surface area contributed by atoms with Crippen molar-refractivity contribution in [3.8, 4) is 0 Å². The summed E-state index contributed by atoms with van der Waals surface area (Å²) in [6.07, 6.45) is 1.11. The van der Waals surface area contributed by atoms with Crippen molar-refractivity contribution >= 4 is 27.5 Å². The molecular formula is C17H15F2NO3S2. The number of rotatable bonds is 4. The van der Waals surface area contributed by atoms with Crippen LogP contribution >= 0.6 is 11.8 Å². The van der Waals surface area contributed by atoms with Crippen LogP contribution in [0.15, 0.2) is 47.4 Å². The zero-order valence-electron chi connectivity index (χ0n) is 13.3. The lowest BCUT2D eigenvalue weighted by atomic mass is 10.1. The van der Waals surface area contributed by atoms with Crippen LogP contribution in [0.3, 0.4) is 0 Å². The summed E-state index contributed by atoms with van der Waals surface area (Å²) in [6, 6.07) is 9.76. The van der Waals surface area contributed by atoms with Gasteiger partial charge in [0.25, 0.3) is 0 Å². The van der Waals surface area contributed by atoms with Crippen LogP contribution in [0.5, 0.6) is 0 Å². The number of carbonyl (C=O) groups is 1. The van der Waals surface area contributed by atoms with E-state index in [0.29, 0.717) is 5.56 Å². The van der Waals surface area contributed by atoms with Crippen molar-refractivity contribution in [1.82, 2.24) is 4.90 Å². The standard InChI is InChI=1S/C17H15F2NO3S2/c1-25(22,23)12-7-5-11(6-8-12)17-20(16(21)10-24-17)9-13-14(18)3-2-4-15(13)19/h2-8,17H,9-10H2,1H3. The summed E-state index contributed by atoms with van der Waals surface area (Å²) in [7, 11) is -3.31. The number of sulfone groups is 1. The number of amides is 1. The number of halogens is 2. The smallest absolute Gasteiger partial charge is 0.234 e. The summed E-state index contributed by atoms with van der Waals surface area (Å²) in [6.45, 7) is -0.178. The van der Waals surface area contributed by atoms with Crippen molar-refractivity contribution in [3.63, 3.8) is 0 Å². The van der Waals surface area contributed by atoms with Crippen molar-refractivity contribution in [2.75, 3.05) is 12.0 Å². The van der Waals surface area contributed by atoms with E-state index in [1.165, 1.54) is 34.9 Å². The minimum absolute atomic E-state index is 0.156. The first-order chi connectivity index (χ1) is 11.8. The molecule has 4 nitrogen and oxygen atoms in total. The molecule has 0 bridgehead atoms. The van der Waals surface area contributed by atoms with Crippen LogP contribution in [0.2, 0.25) is 0 Å². The first-order valence-corrected chi connectivity index (χ1v) is 10.4. The third-order valence-corrected chi connectivity index (χ3v) is 6.34. The molecule has 0 radical (unpaired) electrons. The molecule has 1 heterocycles. The normalized spacial score (nSPS) is 18.0. The maximum atomic E-state index is 13.9. The molecule has 1 fully saturated rings. The Kier molecular flexibility index (Phi) is 4.83. The van der Waals surface area contributed by atoms with E-state index in [0.717, 1.165) is 18.4 Å². The molecule has 2 aromatic carbocycles. The van der Waals surface area contributed by atoms with Crippen LogP contribution in [-0.2, 0) is 21.2 Å². The fraction of sp³-hybridized carbons (Fsp3) is 0.235. The summed E-state index contributed by atoms with van der Waals surface area (Å²) >= 11 is 1.34. The van der Waals surface area contributed by atoms with Gasteiger partial charge in [-0.25, -0.2) is 17.2 Å². The van der Waals surface area contributed by atoms with E-state index in [9.17, 15) is 22.0 Å². The topological polar surface area (TPSA) is 54.5 Å². The molecule has 0 aromatic heterocycles. The third kappa shape index (κ3) is 3.69. The van der Waals surface area contributed by atoms with Crippen LogP contribution in [0, 0.1) is 11.6 Å². The molecule has 132 valence electrons. The summed E-state index contributed by atoms with van der Waals surface area (Å²) in [4.78, 5) is 13.8. The highest BCUT2D eigenvalue weighted by Gasteiger charge is 2.34. The molecule has 0 aliphatic carbocycles. The number of hydrogen-bond acceptors (Lipinski definition) is 4. The Balaban J connectivity index is 1.90. The summed E-state index contributed by atoms with van der Waals surface area (Å²) in [5.41, 5.74) is 0.552. The Hall–Kier alpha value is -1.93. The van der Waals surface area contributed by atoms with Crippen LogP contribution in [-0.4, -0.2) is 31.2 Å². The van der Waals surface area contributed by atoms with E-state index in [2.05, 4.69) is 0 Å². The van der Waals surface area contributed by atoms with Gasteiger partial charge in [0.15, 0.2) is 9.84 Å². The minimum atomic E-state index is -3.31. The Morgan fingerprint density at radius 1 is 1.12 bits per heavy atom. The van der Waals surface area contributed by atoms with Gasteiger partial charge in [0.2, 0.25) is 5.91 Å². The maximum Gasteiger partial charge on any atom is 0.234 e. The molecule has 25 heavy (non-hydrogen) atoms. The third-order valence-electron chi connectivity index (χ3n) is 3.95. The quantitative estimate of drug-likeness (QED) is 0.814. The number of thioether (sulfide) groups is 1. The second-order valence-corrected chi connectivity index (χ2v) is 8.81. The zero-order valence-corrected chi connectivity index (χ0v) is 14.9. The highest BCUT2D eigenvalue weighted by Crippen LogP contribution is 2.40. The molecule has 3 rings (SSSR count). The molecule has 1 aliphatic heterocycles. The predicted octanol–water partition coefficient (Wildman–Crippen LogP) is 3.14. The maximum absolute atomic E-state index is 13.9. The van der Waals surface area contributed by atoms with Crippen molar-refractivity contribution in [2.24, 2.45) is 0 Å². The molecule has 0 N–H and O–H groups in total. The van der Waals surface area contributed by atoms with Gasteiger partial charge >= 0.3 is 0 Å². The fourth-order valence-electron chi connectivity index (χ4n) is 2.63. The fourth-order valence-corrected chi connectivity index (χ4v) is 4.45. The SMILES string of the molecule is CS(=O)(=O)c1ccc(C2SCC(=O)N2Cc2c(F)cccc2F)cc1. The van der Waals surface area contributed by atoms with Gasteiger partial charge in [0, 0.05) is 11.8 Å². The van der Waals surface area contributed by atoms with Crippen molar-refractivity contribution in [1.29, 1.82) is 0 Å². The molecular weight excluding hydrogens is 368 g/mol. The van der Waals surface area contributed by atoms with Crippen LogP contribution in [0.25, 0.3) is 0 Å². The number of hydrogen-bond donors (Lipinski definition) is 0. The van der Waals surface area contributed by atoms with Gasteiger partial charge in [0.1, 0.15) is 17.0 Å². The average Bonchev–Trinajstić information content (AvgIpc) is 2.91. The molecule has 1 atom stereocenters. The summed E-state index contributed by atoms with van der Waals surface area (Å²) in [5, 5.41) is -0.417. The second kappa shape index (κ2) is 6.76. The lowest BCUT2D eigenvalue weighted by molar-refractivity contribution is -0.128. The first kappa shape index (κ1) is 17.9. The zero-order chi connectivity index (χ0) is 18.2. The Morgan fingerprint density at radius 2 is 1.72 bits per heavy atom. The van der Waals surface area contributed by atoms with Crippen LogP contribution < -0.4 is 0 Å². The minimum Gasteiger partial charge on any atom is -0.321 e. The van der Waals surface area contributed by atoms with Crippen LogP contribution in [0.1, 0.15) is 16.5 Å². The Bertz CT molecular complexity index is 894. The van der Waals surface area contributed by atoms with Gasteiger partial charge in [0.05, 0.1) is 17.2 Å².